The van der Waals surface area contributed by atoms with Crippen LogP contribution in [-0.2, 0) is 19.6 Å². The summed E-state index contributed by atoms with van der Waals surface area (Å²) in [6, 6.07) is 0. The molecule has 0 bridgehead atoms. The molecule has 0 radical (unpaired) electrons. The second-order valence-electron chi connectivity index (χ2n) is 4.71. The molecular weight excluding hydrogens is 278 g/mol. The number of ether oxygens (including phenoxy) is 1. The van der Waals surface area contributed by atoms with E-state index in [0.29, 0.717) is 18.8 Å². The van der Waals surface area contributed by atoms with Crippen molar-refractivity contribution in [2.45, 2.75) is 30.9 Å². The number of carbonyl (C=O) groups is 1. The lowest BCUT2D eigenvalue weighted by Gasteiger charge is -2.25. The van der Waals surface area contributed by atoms with E-state index in [1.165, 1.54) is 11.8 Å². The van der Waals surface area contributed by atoms with Gasteiger partial charge in [-0.1, -0.05) is 0 Å². The lowest BCUT2D eigenvalue weighted by atomic mass is 10.0. The highest BCUT2D eigenvalue weighted by Gasteiger charge is 2.45. The minimum Gasteiger partial charge on any atom is -0.480 e. The SMILES string of the molecule is O=C(O)C1(NS(=O)(=O)CC2CCCO2)CCSC1. The molecular formula is C10H17NO5S2. The Morgan fingerprint density at radius 1 is 1.56 bits per heavy atom. The molecule has 18 heavy (non-hydrogen) atoms. The van der Waals surface area contributed by atoms with Gasteiger partial charge in [-0.25, -0.2) is 8.42 Å². The predicted molar refractivity (Wildman–Crippen MR) is 68.2 cm³/mol. The fraction of sp³-hybridized carbons (Fsp3) is 0.900. The zero-order chi connectivity index (χ0) is 13.2. The second-order valence-corrected chi connectivity index (χ2v) is 7.58. The van der Waals surface area contributed by atoms with Gasteiger partial charge in [0.15, 0.2) is 0 Å². The maximum absolute atomic E-state index is 12.0. The number of carboxylic acid groups (broad SMARTS) is 1. The summed E-state index contributed by atoms with van der Waals surface area (Å²) in [7, 11) is -3.62. The van der Waals surface area contributed by atoms with E-state index < -0.39 is 21.5 Å². The zero-order valence-electron chi connectivity index (χ0n) is 9.92. The van der Waals surface area contributed by atoms with Gasteiger partial charge < -0.3 is 9.84 Å². The predicted octanol–water partition coefficient (Wildman–Crippen LogP) is 0.0451. The van der Waals surface area contributed by atoms with Crippen LogP contribution in [0.2, 0.25) is 0 Å². The van der Waals surface area contributed by atoms with Gasteiger partial charge in [-0.2, -0.15) is 16.5 Å². The molecule has 0 aromatic rings. The minimum atomic E-state index is -3.62. The minimum absolute atomic E-state index is 0.146. The van der Waals surface area contributed by atoms with Crippen molar-refractivity contribution in [1.82, 2.24) is 4.72 Å². The van der Waals surface area contributed by atoms with Gasteiger partial charge in [-0.15, -0.1) is 0 Å². The summed E-state index contributed by atoms with van der Waals surface area (Å²) >= 11 is 1.45. The Morgan fingerprint density at radius 2 is 2.33 bits per heavy atom. The summed E-state index contributed by atoms with van der Waals surface area (Å²) in [5, 5.41) is 9.22. The molecule has 0 aromatic heterocycles. The molecule has 2 fully saturated rings. The third-order valence-corrected chi connectivity index (χ3v) is 5.91. The highest BCUT2D eigenvalue weighted by Crippen LogP contribution is 2.29. The first-order valence-electron chi connectivity index (χ1n) is 5.88. The molecule has 2 N–H and O–H groups in total. The van der Waals surface area contributed by atoms with Gasteiger partial charge in [0.2, 0.25) is 10.0 Å². The largest absolute Gasteiger partial charge is 0.480 e. The molecule has 0 saturated carbocycles. The Hall–Kier alpha value is -0.310. The average Bonchev–Trinajstić information content (AvgIpc) is 2.88. The smallest absolute Gasteiger partial charge is 0.325 e. The van der Waals surface area contributed by atoms with E-state index in [2.05, 4.69) is 4.72 Å². The van der Waals surface area contributed by atoms with Crippen molar-refractivity contribution in [2.75, 3.05) is 23.9 Å². The average molecular weight is 295 g/mol. The van der Waals surface area contributed by atoms with E-state index in [4.69, 9.17) is 4.74 Å². The first-order chi connectivity index (χ1) is 8.44. The quantitative estimate of drug-likeness (QED) is 0.744. The number of rotatable bonds is 5. The number of nitrogens with one attached hydrogen (secondary N) is 1. The molecule has 0 spiro atoms. The topological polar surface area (TPSA) is 92.7 Å². The summed E-state index contributed by atoms with van der Waals surface area (Å²) in [5.74, 6) is -0.294. The highest BCUT2D eigenvalue weighted by molar-refractivity contribution is 7.99. The van der Waals surface area contributed by atoms with Gasteiger partial charge in [0.25, 0.3) is 0 Å². The van der Waals surface area contributed by atoms with E-state index in [1.54, 1.807) is 0 Å². The van der Waals surface area contributed by atoms with E-state index >= 15 is 0 Å². The summed E-state index contributed by atoms with van der Waals surface area (Å²) in [4.78, 5) is 11.3. The van der Waals surface area contributed by atoms with Crippen LogP contribution in [0.4, 0.5) is 0 Å². The van der Waals surface area contributed by atoms with Gasteiger partial charge in [0.05, 0.1) is 11.9 Å². The van der Waals surface area contributed by atoms with Crippen molar-refractivity contribution in [2.24, 2.45) is 0 Å². The van der Waals surface area contributed by atoms with Gasteiger partial charge in [-0.05, 0) is 25.0 Å². The fourth-order valence-electron chi connectivity index (χ4n) is 2.22. The van der Waals surface area contributed by atoms with Crippen molar-refractivity contribution >= 4 is 27.8 Å². The van der Waals surface area contributed by atoms with Crippen LogP contribution in [0.25, 0.3) is 0 Å². The van der Waals surface area contributed by atoms with Gasteiger partial charge in [-0.3, -0.25) is 4.79 Å². The van der Waals surface area contributed by atoms with E-state index in [-0.39, 0.29) is 17.6 Å². The van der Waals surface area contributed by atoms with Crippen molar-refractivity contribution < 1.29 is 23.1 Å². The Bertz CT molecular complexity index is 410. The van der Waals surface area contributed by atoms with Crippen molar-refractivity contribution in [3.05, 3.63) is 0 Å². The number of sulfonamides is 1. The first-order valence-corrected chi connectivity index (χ1v) is 8.69. The molecule has 8 heteroatoms. The van der Waals surface area contributed by atoms with E-state index in [0.717, 1.165) is 12.8 Å². The number of hydrogen-bond donors (Lipinski definition) is 2. The molecule has 2 rings (SSSR count). The molecule has 0 amide bonds. The molecule has 2 aliphatic heterocycles. The van der Waals surface area contributed by atoms with Crippen LogP contribution in [0.3, 0.4) is 0 Å². The first kappa shape index (κ1) is 14.1. The molecule has 0 aromatic carbocycles. The summed E-state index contributed by atoms with van der Waals surface area (Å²) in [6.45, 7) is 0.583. The fourth-order valence-corrected chi connectivity index (χ4v) is 5.33. The van der Waals surface area contributed by atoms with Crippen molar-refractivity contribution in [1.29, 1.82) is 0 Å². The molecule has 2 heterocycles. The lowest BCUT2D eigenvalue weighted by molar-refractivity contribution is -0.142. The third kappa shape index (κ3) is 3.17. The molecule has 2 aliphatic rings. The zero-order valence-corrected chi connectivity index (χ0v) is 11.6. The number of thioether (sulfide) groups is 1. The van der Waals surface area contributed by atoms with E-state index in [9.17, 15) is 18.3 Å². The third-order valence-electron chi connectivity index (χ3n) is 3.21. The molecule has 2 saturated heterocycles. The van der Waals surface area contributed by atoms with Crippen LogP contribution in [0.5, 0.6) is 0 Å². The second kappa shape index (κ2) is 5.36. The van der Waals surface area contributed by atoms with Crippen LogP contribution in [0, 0.1) is 0 Å². The number of hydrogen-bond acceptors (Lipinski definition) is 5. The Labute approximate surface area is 111 Å². The Balaban J connectivity index is 2.03. The van der Waals surface area contributed by atoms with Crippen molar-refractivity contribution in [3.63, 3.8) is 0 Å². The van der Waals surface area contributed by atoms with Gasteiger partial charge in [0.1, 0.15) is 5.54 Å². The summed E-state index contributed by atoms with van der Waals surface area (Å²) in [5.41, 5.74) is -1.33. The van der Waals surface area contributed by atoms with Gasteiger partial charge in [0, 0.05) is 12.4 Å². The molecule has 0 aliphatic carbocycles. The van der Waals surface area contributed by atoms with Crippen LogP contribution in [-0.4, -0.2) is 55.0 Å². The Morgan fingerprint density at radius 3 is 2.83 bits per heavy atom. The van der Waals surface area contributed by atoms with Crippen LogP contribution < -0.4 is 4.72 Å². The monoisotopic (exact) mass is 295 g/mol. The lowest BCUT2D eigenvalue weighted by Crippen LogP contribution is -2.55. The summed E-state index contributed by atoms with van der Waals surface area (Å²) < 4.78 is 31.6. The van der Waals surface area contributed by atoms with Crippen LogP contribution in [0.1, 0.15) is 19.3 Å². The molecule has 2 unspecified atom stereocenters. The van der Waals surface area contributed by atoms with Crippen LogP contribution in [0.15, 0.2) is 0 Å². The standard InChI is InChI=1S/C10H17NO5S2/c12-9(13)10(3-5-17-7-10)11-18(14,15)6-8-2-1-4-16-8/h8,11H,1-7H2,(H,12,13). The molecule has 2 atom stereocenters. The normalized spacial score (nSPS) is 32.8. The molecule has 6 nitrogen and oxygen atoms in total. The summed E-state index contributed by atoms with van der Waals surface area (Å²) in [6.07, 6.45) is 1.61. The van der Waals surface area contributed by atoms with E-state index in [1.807, 2.05) is 0 Å². The van der Waals surface area contributed by atoms with Gasteiger partial charge >= 0.3 is 5.97 Å². The maximum atomic E-state index is 12.0. The highest BCUT2D eigenvalue weighted by atomic mass is 32.2. The Kier molecular flexibility index (Phi) is 4.20. The van der Waals surface area contributed by atoms with Crippen LogP contribution >= 0.6 is 11.8 Å². The number of aliphatic carboxylic acids is 1. The molecule has 104 valence electrons. The maximum Gasteiger partial charge on any atom is 0.325 e. The number of carboxylic acids is 1. The van der Waals surface area contributed by atoms with Crippen molar-refractivity contribution in [3.8, 4) is 0 Å².